The van der Waals surface area contributed by atoms with Gasteiger partial charge in [-0.05, 0) is 12.0 Å². The summed E-state index contributed by atoms with van der Waals surface area (Å²) >= 11 is 0. The Labute approximate surface area is 102 Å². The van der Waals surface area contributed by atoms with E-state index in [0.717, 1.165) is 19.5 Å². The first-order valence-corrected chi connectivity index (χ1v) is 5.38. The molecule has 0 aliphatic carbocycles. The van der Waals surface area contributed by atoms with E-state index < -0.39 is 0 Å². The monoisotopic (exact) mass is 240 g/mol. The molecule has 1 fully saturated rings. The van der Waals surface area contributed by atoms with Crippen LogP contribution in [0, 0.1) is 0 Å². The number of rotatable bonds is 4. The van der Waals surface area contributed by atoms with E-state index in [4.69, 9.17) is 0 Å². The highest BCUT2D eigenvalue weighted by molar-refractivity contribution is 5.85. The first-order chi connectivity index (χ1) is 7.34. The van der Waals surface area contributed by atoms with Crippen molar-refractivity contribution in [2.45, 2.75) is 25.4 Å². The summed E-state index contributed by atoms with van der Waals surface area (Å²) in [7, 11) is 0. The minimum absolute atomic E-state index is 0. The standard InChI is InChI=1S/C12H16N2O.ClH/c15-12-7-6-11(14-12)9-13-8-10-4-2-1-3-5-10;/h1-5,11,13H,6-9H2,(H,14,15);1H/t11-;/m0./s1. The number of hydrogen-bond donors (Lipinski definition) is 2. The molecule has 1 saturated heterocycles. The average Bonchev–Trinajstić information content (AvgIpc) is 2.66. The molecule has 88 valence electrons. The predicted octanol–water partition coefficient (Wildman–Crippen LogP) is 1.48. The summed E-state index contributed by atoms with van der Waals surface area (Å²) in [5.74, 6) is 0.182. The van der Waals surface area contributed by atoms with E-state index in [1.165, 1.54) is 5.56 Å². The summed E-state index contributed by atoms with van der Waals surface area (Å²) in [5, 5.41) is 6.29. The van der Waals surface area contributed by atoms with Crippen LogP contribution in [-0.4, -0.2) is 18.5 Å². The largest absolute Gasteiger partial charge is 0.352 e. The second-order valence-electron chi connectivity index (χ2n) is 3.92. The molecule has 0 bridgehead atoms. The molecule has 1 atom stereocenters. The minimum Gasteiger partial charge on any atom is -0.352 e. The van der Waals surface area contributed by atoms with Crippen LogP contribution in [0.25, 0.3) is 0 Å². The fraction of sp³-hybridized carbons (Fsp3) is 0.417. The highest BCUT2D eigenvalue weighted by Gasteiger charge is 2.19. The Kier molecular flexibility index (Phi) is 5.29. The molecule has 2 N–H and O–H groups in total. The Balaban J connectivity index is 0.00000128. The van der Waals surface area contributed by atoms with Gasteiger partial charge in [-0.25, -0.2) is 0 Å². The lowest BCUT2D eigenvalue weighted by Crippen LogP contribution is -2.35. The summed E-state index contributed by atoms with van der Waals surface area (Å²) < 4.78 is 0. The average molecular weight is 241 g/mol. The zero-order valence-electron chi connectivity index (χ0n) is 9.11. The fourth-order valence-corrected chi connectivity index (χ4v) is 1.82. The van der Waals surface area contributed by atoms with Crippen molar-refractivity contribution >= 4 is 18.3 Å². The molecule has 3 nitrogen and oxygen atoms in total. The van der Waals surface area contributed by atoms with Crippen molar-refractivity contribution in [1.82, 2.24) is 10.6 Å². The lowest BCUT2D eigenvalue weighted by molar-refractivity contribution is -0.119. The van der Waals surface area contributed by atoms with Crippen LogP contribution in [0.5, 0.6) is 0 Å². The molecular formula is C12H17ClN2O. The molecule has 1 aliphatic rings. The molecule has 1 aromatic carbocycles. The first kappa shape index (κ1) is 13.0. The maximum Gasteiger partial charge on any atom is 0.220 e. The molecule has 0 aromatic heterocycles. The van der Waals surface area contributed by atoms with E-state index in [0.29, 0.717) is 12.5 Å². The maximum absolute atomic E-state index is 10.9. The van der Waals surface area contributed by atoms with Crippen molar-refractivity contribution < 1.29 is 4.79 Å². The second kappa shape index (κ2) is 6.51. The highest BCUT2D eigenvalue weighted by Crippen LogP contribution is 2.05. The van der Waals surface area contributed by atoms with Gasteiger partial charge in [0.15, 0.2) is 0 Å². The van der Waals surface area contributed by atoms with Crippen LogP contribution in [0.15, 0.2) is 30.3 Å². The molecule has 0 spiro atoms. The number of nitrogens with one attached hydrogen (secondary N) is 2. The molecule has 0 saturated carbocycles. The van der Waals surface area contributed by atoms with Gasteiger partial charge in [0.05, 0.1) is 0 Å². The van der Waals surface area contributed by atoms with Crippen molar-refractivity contribution in [3.63, 3.8) is 0 Å². The molecule has 0 unspecified atom stereocenters. The van der Waals surface area contributed by atoms with Crippen molar-refractivity contribution in [2.24, 2.45) is 0 Å². The van der Waals surface area contributed by atoms with Crippen LogP contribution in [0.1, 0.15) is 18.4 Å². The van der Waals surface area contributed by atoms with Crippen LogP contribution in [0.4, 0.5) is 0 Å². The van der Waals surface area contributed by atoms with Gasteiger partial charge in [-0.3, -0.25) is 4.79 Å². The number of benzene rings is 1. The Bertz CT molecular complexity index is 329. The molecule has 1 heterocycles. The third-order valence-corrected chi connectivity index (χ3v) is 2.65. The van der Waals surface area contributed by atoms with Gasteiger partial charge >= 0.3 is 0 Å². The van der Waals surface area contributed by atoms with E-state index in [9.17, 15) is 4.79 Å². The molecule has 4 heteroatoms. The third-order valence-electron chi connectivity index (χ3n) is 2.65. The first-order valence-electron chi connectivity index (χ1n) is 5.38. The quantitative estimate of drug-likeness (QED) is 0.837. The zero-order valence-corrected chi connectivity index (χ0v) is 9.93. The van der Waals surface area contributed by atoms with Crippen LogP contribution in [0.2, 0.25) is 0 Å². The normalized spacial score (nSPS) is 19.0. The second-order valence-corrected chi connectivity index (χ2v) is 3.92. The van der Waals surface area contributed by atoms with Gasteiger partial charge in [0.2, 0.25) is 5.91 Å². The molecule has 16 heavy (non-hydrogen) atoms. The van der Waals surface area contributed by atoms with Crippen LogP contribution in [-0.2, 0) is 11.3 Å². The summed E-state index contributed by atoms with van der Waals surface area (Å²) in [5.41, 5.74) is 1.28. The maximum atomic E-state index is 10.9. The molecule has 1 aliphatic heterocycles. The van der Waals surface area contributed by atoms with Gasteiger partial charge in [0.25, 0.3) is 0 Å². The Morgan fingerprint density at radius 3 is 2.69 bits per heavy atom. The lowest BCUT2D eigenvalue weighted by Gasteiger charge is -2.10. The van der Waals surface area contributed by atoms with Gasteiger partial charge in [-0.2, -0.15) is 0 Å². The summed E-state index contributed by atoms with van der Waals surface area (Å²) in [6.07, 6.45) is 1.64. The van der Waals surface area contributed by atoms with E-state index in [-0.39, 0.29) is 18.3 Å². The lowest BCUT2D eigenvalue weighted by atomic mass is 10.2. The number of carbonyl (C=O) groups excluding carboxylic acids is 1. The van der Waals surface area contributed by atoms with Crippen LogP contribution in [0.3, 0.4) is 0 Å². The Hall–Kier alpha value is -1.06. The van der Waals surface area contributed by atoms with E-state index in [1.54, 1.807) is 0 Å². The highest BCUT2D eigenvalue weighted by atomic mass is 35.5. The summed E-state index contributed by atoms with van der Waals surface area (Å²) in [6, 6.07) is 10.6. The van der Waals surface area contributed by atoms with Crippen molar-refractivity contribution in [3.8, 4) is 0 Å². The molecule has 2 rings (SSSR count). The predicted molar refractivity (Wildman–Crippen MR) is 66.6 cm³/mol. The van der Waals surface area contributed by atoms with Crippen LogP contribution >= 0.6 is 12.4 Å². The third kappa shape index (κ3) is 3.83. The van der Waals surface area contributed by atoms with Crippen molar-refractivity contribution in [1.29, 1.82) is 0 Å². The van der Waals surface area contributed by atoms with Crippen LogP contribution < -0.4 is 10.6 Å². The van der Waals surface area contributed by atoms with Crippen molar-refractivity contribution in [3.05, 3.63) is 35.9 Å². The minimum atomic E-state index is 0. The topological polar surface area (TPSA) is 41.1 Å². The summed E-state index contributed by atoms with van der Waals surface area (Å²) in [4.78, 5) is 10.9. The molecular weight excluding hydrogens is 224 g/mol. The number of halogens is 1. The molecule has 0 radical (unpaired) electrons. The van der Waals surface area contributed by atoms with Crippen molar-refractivity contribution in [2.75, 3.05) is 6.54 Å². The Morgan fingerprint density at radius 2 is 2.06 bits per heavy atom. The summed E-state index contributed by atoms with van der Waals surface area (Å²) in [6.45, 7) is 1.73. The van der Waals surface area contributed by atoms with Gasteiger partial charge in [0, 0.05) is 25.6 Å². The molecule has 1 aromatic rings. The van der Waals surface area contributed by atoms with E-state index in [2.05, 4.69) is 22.8 Å². The van der Waals surface area contributed by atoms with E-state index >= 15 is 0 Å². The number of carbonyl (C=O) groups is 1. The van der Waals surface area contributed by atoms with E-state index in [1.807, 2.05) is 18.2 Å². The fourth-order valence-electron chi connectivity index (χ4n) is 1.82. The van der Waals surface area contributed by atoms with Gasteiger partial charge < -0.3 is 10.6 Å². The smallest absolute Gasteiger partial charge is 0.220 e. The number of amides is 1. The van der Waals surface area contributed by atoms with Gasteiger partial charge in [-0.15, -0.1) is 12.4 Å². The van der Waals surface area contributed by atoms with Gasteiger partial charge in [-0.1, -0.05) is 30.3 Å². The van der Waals surface area contributed by atoms with Gasteiger partial charge in [0.1, 0.15) is 0 Å². The number of hydrogen-bond acceptors (Lipinski definition) is 2. The Morgan fingerprint density at radius 1 is 1.31 bits per heavy atom. The SMILES string of the molecule is Cl.O=C1CC[C@@H](CNCc2ccccc2)N1. The molecule has 1 amide bonds. The zero-order chi connectivity index (χ0) is 10.5.